The van der Waals surface area contributed by atoms with Crippen LogP contribution in [0.1, 0.15) is 50.5 Å². The molecule has 6 heteroatoms. The van der Waals surface area contributed by atoms with E-state index in [2.05, 4.69) is 41.7 Å². The van der Waals surface area contributed by atoms with Gasteiger partial charge in [-0.3, -0.25) is 4.79 Å². The molecule has 32 heavy (non-hydrogen) atoms. The zero-order valence-electron chi connectivity index (χ0n) is 19.8. The van der Waals surface area contributed by atoms with E-state index >= 15 is 0 Å². The molecule has 0 spiro atoms. The van der Waals surface area contributed by atoms with Crippen molar-refractivity contribution in [3.8, 4) is 0 Å². The van der Waals surface area contributed by atoms with Crippen LogP contribution in [0.2, 0.25) is 0 Å². The van der Waals surface area contributed by atoms with Crippen molar-refractivity contribution >= 4 is 22.6 Å². The van der Waals surface area contributed by atoms with Gasteiger partial charge in [0.25, 0.3) is 0 Å². The monoisotopic (exact) mass is 442 g/mol. The van der Waals surface area contributed by atoms with Gasteiger partial charge >= 0.3 is 0 Å². The van der Waals surface area contributed by atoms with E-state index in [1.165, 1.54) is 16.3 Å². The van der Waals surface area contributed by atoms with Crippen molar-refractivity contribution in [3.63, 3.8) is 0 Å². The number of benzene rings is 2. The molecule has 0 aliphatic carbocycles. The molecule has 2 aromatic carbocycles. The van der Waals surface area contributed by atoms with E-state index in [0.29, 0.717) is 24.1 Å². The Kier molecular flexibility index (Phi) is 10.6. The second-order valence-corrected chi connectivity index (χ2v) is 9.52. The van der Waals surface area contributed by atoms with E-state index in [4.69, 9.17) is 4.74 Å². The van der Waals surface area contributed by atoms with E-state index < -0.39 is 12.0 Å². The number of amides is 1. The van der Waals surface area contributed by atoms with Gasteiger partial charge in [0.2, 0.25) is 5.91 Å². The number of carboxylic acid groups (broad SMARTS) is 1. The fraction of sp³-hybridized carbons (Fsp3) is 0.538. The van der Waals surface area contributed by atoms with Crippen molar-refractivity contribution in [1.29, 1.82) is 0 Å². The third-order valence-electron chi connectivity index (χ3n) is 5.38. The van der Waals surface area contributed by atoms with Crippen LogP contribution in [-0.2, 0) is 20.9 Å². The van der Waals surface area contributed by atoms with Gasteiger partial charge in [-0.2, -0.15) is 0 Å². The van der Waals surface area contributed by atoms with Crippen LogP contribution in [0, 0.1) is 0 Å². The molecule has 2 aromatic rings. The van der Waals surface area contributed by atoms with Crippen LogP contribution in [0.5, 0.6) is 0 Å². The molecule has 2 rings (SSSR count). The van der Waals surface area contributed by atoms with Gasteiger partial charge in [0.05, 0.1) is 40.3 Å². The van der Waals surface area contributed by atoms with Gasteiger partial charge < -0.3 is 24.4 Å². The number of nitrogens with zero attached hydrogens (tertiary/aromatic N) is 1. The van der Waals surface area contributed by atoms with Crippen LogP contribution in [0.15, 0.2) is 42.5 Å². The first kappa shape index (κ1) is 25.8. The minimum Gasteiger partial charge on any atom is -0.550 e. The Morgan fingerprint density at radius 2 is 1.66 bits per heavy atom. The minimum atomic E-state index is -1.13. The van der Waals surface area contributed by atoms with Crippen molar-refractivity contribution in [3.05, 3.63) is 48.0 Å². The first-order chi connectivity index (χ1) is 15.2. The lowest BCUT2D eigenvalue weighted by Crippen LogP contribution is -2.50. The highest BCUT2D eigenvalue weighted by Crippen LogP contribution is 2.19. The fourth-order valence-corrected chi connectivity index (χ4v) is 3.94. The Bertz CT molecular complexity index is 855. The number of ether oxygens (including phenoxy) is 1. The first-order valence-corrected chi connectivity index (χ1v) is 11.6. The maximum absolute atomic E-state index is 12.2. The molecule has 1 atom stereocenters. The zero-order valence-corrected chi connectivity index (χ0v) is 19.8. The van der Waals surface area contributed by atoms with Crippen molar-refractivity contribution in [1.82, 2.24) is 5.32 Å². The van der Waals surface area contributed by atoms with Gasteiger partial charge in [-0.1, -0.05) is 61.7 Å². The van der Waals surface area contributed by atoms with Crippen LogP contribution < -0.4 is 10.4 Å². The van der Waals surface area contributed by atoms with Crippen molar-refractivity contribution in [2.75, 3.05) is 34.3 Å². The molecule has 1 amide bonds. The summed E-state index contributed by atoms with van der Waals surface area (Å²) in [5.41, 5.74) is 1.22. The van der Waals surface area contributed by atoms with Crippen LogP contribution in [0.3, 0.4) is 0 Å². The second-order valence-electron chi connectivity index (χ2n) is 9.52. The summed E-state index contributed by atoms with van der Waals surface area (Å²) in [4.78, 5) is 23.1. The van der Waals surface area contributed by atoms with Crippen LogP contribution in [-0.4, -0.2) is 56.7 Å². The molecular weight excluding hydrogens is 404 g/mol. The highest BCUT2D eigenvalue weighted by Gasteiger charge is 2.20. The maximum atomic E-state index is 12.2. The number of rotatable bonds is 15. The SMILES string of the molecule is C[N+](C)(C)CC(CC(=O)[O-])NC(=O)CCCCCCCOCc1cccc2ccccc12. The summed E-state index contributed by atoms with van der Waals surface area (Å²) in [7, 11) is 5.92. The summed E-state index contributed by atoms with van der Waals surface area (Å²) in [5, 5.41) is 16.3. The molecule has 0 aromatic heterocycles. The molecule has 0 aliphatic heterocycles. The summed E-state index contributed by atoms with van der Waals surface area (Å²) >= 11 is 0. The van der Waals surface area contributed by atoms with E-state index in [1.54, 1.807) is 0 Å². The van der Waals surface area contributed by atoms with Crippen molar-refractivity contribution in [2.24, 2.45) is 0 Å². The standard InChI is InChI=1S/C26H38N2O4/c1-28(2,3)19-23(18-26(30)31)27-25(29)16-7-5-4-6-10-17-32-20-22-14-11-13-21-12-8-9-15-24(21)22/h8-9,11-15,23H,4-7,10,16-20H2,1-3H3,(H-,27,29,30,31). The molecule has 1 N–H and O–H groups in total. The lowest BCUT2D eigenvalue weighted by Gasteiger charge is -2.30. The fourth-order valence-electron chi connectivity index (χ4n) is 3.94. The van der Waals surface area contributed by atoms with Gasteiger partial charge in [0.1, 0.15) is 0 Å². The number of hydrogen-bond donors (Lipinski definition) is 1. The van der Waals surface area contributed by atoms with Crippen LogP contribution >= 0.6 is 0 Å². The molecule has 0 bridgehead atoms. The zero-order chi connectivity index (χ0) is 23.4. The quantitative estimate of drug-likeness (QED) is 0.340. The maximum Gasteiger partial charge on any atom is 0.220 e. The normalized spacial score (nSPS) is 12.6. The second kappa shape index (κ2) is 13.2. The van der Waals surface area contributed by atoms with E-state index in [-0.39, 0.29) is 12.3 Å². The Hall–Kier alpha value is -2.44. The highest BCUT2D eigenvalue weighted by molar-refractivity contribution is 5.85. The number of carbonyl (C=O) groups excluding carboxylic acids is 2. The summed E-state index contributed by atoms with van der Waals surface area (Å²) < 4.78 is 6.45. The third kappa shape index (κ3) is 10.2. The lowest BCUT2D eigenvalue weighted by atomic mass is 10.1. The van der Waals surface area contributed by atoms with E-state index in [1.807, 2.05) is 27.2 Å². The third-order valence-corrected chi connectivity index (χ3v) is 5.38. The lowest BCUT2D eigenvalue weighted by molar-refractivity contribution is -0.871. The predicted molar refractivity (Wildman–Crippen MR) is 126 cm³/mol. The molecule has 0 radical (unpaired) electrons. The molecular formula is C26H38N2O4. The number of carboxylic acids is 1. The molecule has 0 saturated carbocycles. The van der Waals surface area contributed by atoms with Gasteiger partial charge in [-0.15, -0.1) is 0 Å². The summed E-state index contributed by atoms with van der Waals surface area (Å²) in [6.07, 6.45) is 5.22. The van der Waals surface area contributed by atoms with Gasteiger partial charge in [0.15, 0.2) is 0 Å². The largest absolute Gasteiger partial charge is 0.550 e. The number of carbonyl (C=O) groups is 2. The Morgan fingerprint density at radius 3 is 2.41 bits per heavy atom. The molecule has 0 fully saturated rings. The smallest absolute Gasteiger partial charge is 0.220 e. The number of hydrogen-bond acceptors (Lipinski definition) is 4. The average molecular weight is 443 g/mol. The topological polar surface area (TPSA) is 78.5 Å². The molecule has 176 valence electrons. The summed E-state index contributed by atoms with van der Waals surface area (Å²) in [5.74, 6) is -1.21. The van der Waals surface area contributed by atoms with E-state index in [0.717, 1.165) is 38.7 Å². The number of nitrogens with one attached hydrogen (secondary N) is 1. The van der Waals surface area contributed by atoms with E-state index in [9.17, 15) is 14.7 Å². The average Bonchev–Trinajstić information content (AvgIpc) is 2.70. The molecule has 1 unspecified atom stereocenters. The molecule has 6 nitrogen and oxygen atoms in total. The first-order valence-electron chi connectivity index (χ1n) is 11.6. The van der Waals surface area contributed by atoms with Crippen LogP contribution in [0.25, 0.3) is 10.8 Å². The van der Waals surface area contributed by atoms with Crippen LogP contribution in [0.4, 0.5) is 0 Å². The predicted octanol–water partition coefficient (Wildman–Crippen LogP) is 3.03. The number of unbranched alkanes of at least 4 members (excludes halogenated alkanes) is 4. The van der Waals surface area contributed by atoms with Gasteiger partial charge in [-0.05, 0) is 29.2 Å². The van der Waals surface area contributed by atoms with Gasteiger partial charge in [-0.25, -0.2) is 0 Å². The molecule has 0 saturated heterocycles. The minimum absolute atomic E-state index is 0.0804. The van der Waals surface area contributed by atoms with Crippen molar-refractivity contribution in [2.45, 2.75) is 57.6 Å². The Balaban J connectivity index is 1.55. The number of aliphatic carboxylic acids is 1. The summed E-state index contributed by atoms with van der Waals surface area (Å²) in [6, 6.07) is 14.3. The Labute approximate surface area is 192 Å². The highest BCUT2D eigenvalue weighted by atomic mass is 16.5. The van der Waals surface area contributed by atoms with Crippen molar-refractivity contribution < 1.29 is 23.9 Å². The van der Waals surface area contributed by atoms with Gasteiger partial charge in [0, 0.05) is 25.4 Å². The number of fused-ring (bicyclic) bond motifs is 1. The molecule has 0 heterocycles. The number of quaternary nitrogens is 1. The molecule has 0 aliphatic rings. The summed E-state index contributed by atoms with van der Waals surface area (Å²) in [6.45, 7) is 1.92. The number of likely N-dealkylation sites (N-methyl/N-ethyl adjacent to an activating group) is 1. The Morgan fingerprint density at radius 1 is 0.969 bits per heavy atom.